The molecule has 3 nitrogen and oxygen atoms in total. The van der Waals surface area contributed by atoms with Crippen molar-refractivity contribution < 1.29 is 9.90 Å². The van der Waals surface area contributed by atoms with E-state index in [0.29, 0.717) is 22.5 Å². The summed E-state index contributed by atoms with van der Waals surface area (Å²) in [5, 5.41) is 7.78. The van der Waals surface area contributed by atoms with Gasteiger partial charge < -0.3 is 13.9 Å². The summed E-state index contributed by atoms with van der Waals surface area (Å²) in [5.41, 5.74) is 6.66. The molecule has 0 aliphatic heterocycles. The Hall–Kier alpha value is -7.10. The average molecular weight is 681 g/mol. The number of fused-ring (bicyclic) bond motifs is 9. The van der Waals surface area contributed by atoms with Crippen LogP contribution in [0, 0.1) is 0 Å². The predicted molar refractivity (Wildman–Crippen MR) is 223 cm³/mol. The van der Waals surface area contributed by atoms with Crippen LogP contribution in [0.2, 0.25) is 0 Å². The highest BCUT2D eigenvalue weighted by Gasteiger charge is 2.24. The van der Waals surface area contributed by atoms with Gasteiger partial charge in [0, 0.05) is 27.2 Å². The summed E-state index contributed by atoms with van der Waals surface area (Å²) in [6.45, 7) is 0. The SMILES string of the molecule is [2H]c1c([2H])c(N(c2ccccc2-n2c3ccccc3c3ccccc32)c2cccc3oc4c5ccccc5ccc4c23)c([2H])c([2H])c1-c1cccc2ccccc12. The molecule has 0 fully saturated rings. The van der Waals surface area contributed by atoms with Crippen molar-refractivity contribution in [3.05, 3.63) is 194 Å². The zero-order chi connectivity index (χ0) is 38.4. The fourth-order valence-corrected chi connectivity index (χ4v) is 8.11. The molecule has 53 heavy (non-hydrogen) atoms. The van der Waals surface area contributed by atoms with Gasteiger partial charge in [-0.05, 0) is 81.8 Å². The van der Waals surface area contributed by atoms with Gasteiger partial charge in [-0.3, -0.25) is 0 Å². The van der Waals surface area contributed by atoms with E-state index in [1.54, 1.807) is 0 Å². The molecule has 248 valence electrons. The molecule has 0 atom stereocenters. The molecular weight excluding hydrogens is 645 g/mol. The standard InChI is InChI=1S/C50H32N2O/c1-3-16-37-33(13-1)15-11-20-38(37)35-27-30-36(31-28-35)51(47-25-12-26-48-49(47)42-32-29-34-14-2-4-17-39(34)50(42)53-48)45-23-9-10-24-46(45)52-43-21-7-5-18-40(43)41-19-6-8-22-44(41)52/h1-32H/i27D,28D,30D,31D. The van der Waals surface area contributed by atoms with Crippen molar-refractivity contribution in [1.29, 1.82) is 0 Å². The Kier molecular flexibility index (Phi) is 5.71. The number of hydrogen-bond acceptors (Lipinski definition) is 2. The molecule has 0 aliphatic rings. The van der Waals surface area contributed by atoms with Crippen LogP contribution in [0.5, 0.6) is 0 Å². The second kappa shape index (κ2) is 11.7. The maximum atomic E-state index is 9.85. The van der Waals surface area contributed by atoms with E-state index in [0.717, 1.165) is 65.4 Å². The van der Waals surface area contributed by atoms with Crippen LogP contribution in [-0.4, -0.2) is 4.57 Å². The minimum Gasteiger partial charge on any atom is -0.455 e. The second-order valence-electron chi connectivity index (χ2n) is 13.4. The summed E-state index contributed by atoms with van der Waals surface area (Å²) >= 11 is 0. The van der Waals surface area contributed by atoms with Gasteiger partial charge in [0.05, 0.1) is 39.0 Å². The second-order valence-corrected chi connectivity index (χ2v) is 13.4. The van der Waals surface area contributed by atoms with Gasteiger partial charge in [-0.15, -0.1) is 0 Å². The molecule has 0 amide bonds. The summed E-state index contributed by atoms with van der Waals surface area (Å²) in [5.74, 6) is 0. The fourth-order valence-electron chi connectivity index (χ4n) is 8.11. The molecule has 9 aromatic carbocycles. The predicted octanol–water partition coefficient (Wildman–Crippen LogP) is 14.1. The van der Waals surface area contributed by atoms with Crippen LogP contribution in [0.25, 0.3) is 82.1 Å². The van der Waals surface area contributed by atoms with Crippen LogP contribution in [0.1, 0.15) is 5.48 Å². The largest absolute Gasteiger partial charge is 0.455 e. The molecule has 0 radical (unpaired) electrons. The van der Waals surface area contributed by atoms with Crippen molar-refractivity contribution in [3.63, 3.8) is 0 Å². The minimum atomic E-state index is -0.147. The highest BCUT2D eigenvalue weighted by atomic mass is 16.3. The number of anilines is 3. The number of rotatable bonds is 5. The lowest BCUT2D eigenvalue weighted by Gasteiger charge is -2.29. The van der Waals surface area contributed by atoms with Crippen LogP contribution in [0.4, 0.5) is 17.1 Å². The third-order valence-electron chi connectivity index (χ3n) is 10.4. The minimum absolute atomic E-state index is 0.114. The van der Waals surface area contributed by atoms with E-state index in [2.05, 4.69) is 59.2 Å². The van der Waals surface area contributed by atoms with Gasteiger partial charge in [-0.1, -0.05) is 139 Å². The lowest BCUT2D eigenvalue weighted by atomic mass is 9.98. The topological polar surface area (TPSA) is 21.3 Å². The molecule has 11 aromatic rings. The highest BCUT2D eigenvalue weighted by Crippen LogP contribution is 2.47. The van der Waals surface area contributed by atoms with Crippen molar-refractivity contribution in [2.24, 2.45) is 0 Å². The van der Waals surface area contributed by atoms with Crippen LogP contribution < -0.4 is 4.90 Å². The number of nitrogens with zero attached hydrogens (tertiary/aromatic N) is 2. The average Bonchev–Trinajstić information content (AvgIpc) is 3.81. The number of benzene rings is 9. The smallest absolute Gasteiger partial charge is 0.143 e. The Labute approximate surface area is 311 Å². The van der Waals surface area contributed by atoms with E-state index >= 15 is 0 Å². The molecule has 2 heterocycles. The number of furan rings is 1. The highest BCUT2D eigenvalue weighted by molar-refractivity contribution is 6.20. The zero-order valence-electron chi connectivity index (χ0n) is 32.5. The quantitative estimate of drug-likeness (QED) is 0.180. The Morgan fingerprint density at radius 3 is 1.81 bits per heavy atom. The molecule has 0 saturated heterocycles. The number of para-hydroxylation sites is 4. The van der Waals surface area contributed by atoms with Crippen molar-refractivity contribution in [3.8, 4) is 16.8 Å². The van der Waals surface area contributed by atoms with Gasteiger partial charge in [0.25, 0.3) is 0 Å². The third-order valence-corrected chi connectivity index (χ3v) is 10.4. The van der Waals surface area contributed by atoms with Crippen LogP contribution in [-0.2, 0) is 0 Å². The molecule has 0 saturated carbocycles. The fraction of sp³-hybridized carbons (Fsp3) is 0. The van der Waals surface area contributed by atoms with Crippen molar-refractivity contribution in [2.45, 2.75) is 0 Å². The molecule has 0 bridgehead atoms. The van der Waals surface area contributed by atoms with Gasteiger partial charge in [-0.25, -0.2) is 0 Å². The van der Waals surface area contributed by atoms with Gasteiger partial charge in [0.15, 0.2) is 0 Å². The van der Waals surface area contributed by atoms with Crippen LogP contribution in [0.15, 0.2) is 198 Å². The van der Waals surface area contributed by atoms with Crippen molar-refractivity contribution in [2.75, 3.05) is 4.90 Å². The van der Waals surface area contributed by atoms with Crippen LogP contribution in [0.3, 0.4) is 0 Å². The van der Waals surface area contributed by atoms with Crippen molar-refractivity contribution in [1.82, 2.24) is 4.57 Å². The Morgan fingerprint density at radius 1 is 0.453 bits per heavy atom. The summed E-state index contributed by atoms with van der Waals surface area (Å²) in [4.78, 5) is 1.92. The van der Waals surface area contributed by atoms with E-state index < -0.39 is 0 Å². The van der Waals surface area contributed by atoms with E-state index in [-0.39, 0.29) is 35.4 Å². The Morgan fingerprint density at radius 2 is 1.04 bits per heavy atom. The maximum Gasteiger partial charge on any atom is 0.143 e. The Bertz CT molecular complexity index is 3350. The first-order chi connectivity index (χ1) is 28.0. The monoisotopic (exact) mass is 680 g/mol. The lowest BCUT2D eigenvalue weighted by molar-refractivity contribution is 0.672. The molecule has 11 rings (SSSR count). The van der Waals surface area contributed by atoms with E-state index in [1.807, 2.05) is 120 Å². The van der Waals surface area contributed by atoms with Crippen molar-refractivity contribution >= 4 is 82.4 Å². The summed E-state index contributed by atoms with van der Waals surface area (Å²) in [6, 6.07) is 56.0. The normalized spacial score (nSPS) is 12.8. The van der Waals surface area contributed by atoms with Gasteiger partial charge in [-0.2, -0.15) is 0 Å². The van der Waals surface area contributed by atoms with Crippen LogP contribution >= 0.6 is 0 Å². The molecule has 0 spiro atoms. The zero-order valence-corrected chi connectivity index (χ0v) is 28.5. The lowest BCUT2D eigenvalue weighted by Crippen LogP contribution is -2.13. The first-order valence-electron chi connectivity index (χ1n) is 19.8. The van der Waals surface area contributed by atoms with Gasteiger partial charge in [0.1, 0.15) is 11.2 Å². The number of hydrogen-bond donors (Lipinski definition) is 0. The summed E-state index contributed by atoms with van der Waals surface area (Å²) in [7, 11) is 0. The first kappa shape index (κ1) is 25.8. The molecule has 0 N–H and O–H groups in total. The van der Waals surface area contributed by atoms with E-state index in [1.165, 1.54) is 0 Å². The number of aromatic nitrogens is 1. The molecule has 2 aromatic heterocycles. The summed E-state index contributed by atoms with van der Waals surface area (Å²) < 4.78 is 47.8. The first-order valence-corrected chi connectivity index (χ1v) is 17.8. The molecular formula is C50H32N2O. The maximum absolute atomic E-state index is 9.85. The molecule has 3 heteroatoms. The third kappa shape index (κ3) is 4.54. The Balaban J connectivity index is 1.27. The molecule has 0 aliphatic carbocycles. The molecule has 0 unspecified atom stereocenters. The van der Waals surface area contributed by atoms with E-state index in [4.69, 9.17) is 4.42 Å². The summed E-state index contributed by atoms with van der Waals surface area (Å²) in [6.07, 6.45) is 0. The van der Waals surface area contributed by atoms with E-state index in [9.17, 15) is 5.48 Å². The van der Waals surface area contributed by atoms with Gasteiger partial charge >= 0.3 is 0 Å². The van der Waals surface area contributed by atoms with Gasteiger partial charge in [0.2, 0.25) is 0 Å².